The van der Waals surface area contributed by atoms with Crippen LogP contribution in [0.1, 0.15) is 19.4 Å². The van der Waals surface area contributed by atoms with Gasteiger partial charge in [0.05, 0.1) is 18.0 Å². The van der Waals surface area contributed by atoms with Crippen LogP contribution in [0.2, 0.25) is 0 Å². The molecule has 1 aliphatic heterocycles. The third-order valence-corrected chi connectivity index (χ3v) is 4.38. The van der Waals surface area contributed by atoms with E-state index in [-0.39, 0.29) is 18.1 Å². The maximum atomic E-state index is 12.2. The Labute approximate surface area is 119 Å². The summed E-state index contributed by atoms with van der Waals surface area (Å²) in [5.74, 6) is 0.708. The van der Waals surface area contributed by atoms with Crippen LogP contribution in [-0.4, -0.2) is 41.9 Å². The molecule has 0 unspecified atom stereocenters. The Hall–Kier alpha value is -1.00. The van der Waals surface area contributed by atoms with E-state index in [4.69, 9.17) is 4.74 Å². The Kier molecular flexibility index (Phi) is 4.88. The molecule has 19 heavy (non-hydrogen) atoms. The first-order valence-electron chi connectivity index (χ1n) is 6.68. The number of amides is 1. The molecular formula is C15H21NO2S. The van der Waals surface area contributed by atoms with Crippen molar-refractivity contribution in [2.75, 3.05) is 18.8 Å². The highest BCUT2D eigenvalue weighted by molar-refractivity contribution is 8.00. The molecule has 1 saturated heterocycles. The molecule has 0 N–H and O–H groups in total. The summed E-state index contributed by atoms with van der Waals surface area (Å²) in [5.41, 5.74) is 1.23. The van der Waals surface area contributed by atoms with E-state index in [0.29, 0.717) is 18.8 Å². The summed E-state index contributed by atoms with van der Waals surface area (Å²) in [6.07, 6.45) is 0.271. The molecule has 3 nitrogen and oxygen atoms in total. The number of ether oxygens (including phenoxy) is 1. The van der Waals surface area contributed by atoms with Crippen LogP contribution in [0.5, 0.6) is 0 Å². The minimum absolute atomic E-state index is 0.135. The van der Waals surface area contributed by atoms with Crippen LogP contribution in [0.15, 0.2) is 29.2 Å². The molecule has 0 spiro atoms. The highest BCUT2D eigenvalue weighted by Crippen LogP contribution is 2.22. The fourth-order valence-corrected chi connectivity index (χ4v) is 3.26. The first kappa shape index (κ1) is 14.4. The van der Waals surface area contributed by atoms with Crippen molar-refractivity contribution >= 4 is 17.7 Å². The topological polar surface area (TPSA) is 29.5 Å². The molecule has 0 aromatic heterocycles. The molecule has 0 radical (unpaired) electrons. The van der Waals surface area contributed by atoms with Crippen molar-refractivity contribution in [3.8, 4) is 0 Å². The van der Waals surface area contributed by atoms with Crippen LogP contribution < -0.4 is 0 Å². The van der Waals surface area contributed by atoms with Gasteiger partial charge in [-0.15, -0.1) is 11.8 Å². The number of morpholine rings is 1. The predicted octanol–water partition coefficient (Wildman–Crippen LogP) is 2.72. The molecule has 104 valence electrons. The van der Waals surface area contributed by atoms with Gasteiger partial charge in [0.1, 0.15) is 0 Å². The van der Waals surface area contributed by atoms with Gasteiger partial charge in [0.2, 0.25) is 5.91 Å². The number of nitrogens with zero attached hydrogens (tertiary/aromatic N) is 1. The van der Waals surface area contributed by atoms with E-state index in [1.165, 1.54) is 10.5 Å². The van der Waals surface area contributed by atoms with Crippen molar-refractivity contribution in [2.45, 2.75) is 37.9 Å². The summed E-state index contributed by atoms with van der Waals surface area (Å²) in [6.45, 7) is 7.52. The average Bonchev–Trinajstić information content (AvgIpc) is 2.36. The van der Waals surface area contributed by atoms with Crippen LogP contribution in [0, 0.1) is 6.92 Å². The van der Waals surface area contributed by atoms with Crippen LogP contribution in [-0.2, 0) is 9.53 Å². The molecule has 0 saturated carbocycles. The Morgan fingerprint density at radius 2 is 1.95 bits per heavy atom. The van der Waals surface area contributed by atoms with E-state index < -0.39 is 0 Å². The van der Waals surface area contributed by atoms with Crippen molar-refractivity contribution < 1.29 is 9.53 Å². The maximum Gasteiger partial charge on any atom is 0.233 e. The lowest BCUT2D eigenvalue weighted by Gasteiger charge is -2.35. The van der Waals surface area contributed by atoms with Crippen LogP contribution in [0.4, 0.5) is 0 Å². The van der Waals surface area contributed by atoms with Crippen molar-refractivity contribution in [3.05, 3.63) is 29.8 Å². The molecule has 0 aliphatic carbocycles. The number of aryl methyl sites for hydroxylation is 1. The van der Waals surface area contributed by atoms with E-state index in [0.717, 1.165) is 0 Å². The molecule has 2 rings (SSSR count). The second-order valence-electron chi connectivity index (χ2n) is 5.11. The van der Waals surface area contributed by atoms with E-state index in [1.54, 1.807) is 11.8 Å². The molecule has 1 fully saturated rings. The first-order valence-corrected chi connectivity index (χ1v) is 7.66. The van der Waals surface area contributed by atoms with Gasteiger partial charge < -0.3 is 9.64 Å². The Balaban J connectivity index is 1.89. The van der Waals surface area contributed by atoms with Crippen LogP contribution in [0.3, 0.4) is 0 Å². The van der Waals surface area contributed by atoms with Gasteiger partial charge in [-0.2, -0.15) is 0 Å². The summed E-state index contributed by atoms with van der Waals surface area (Å²) in [6, 6.07) is 8.18. The molecule has 1 aromatic rings. The summed E-state index contributed by atoms with van der Waals surface area (Å²) < 4.78 is 5.65. The molecular weight excluding hydrogens is 258 g/mol. The Bertz CT molecular complexity index is 440. The van der Waals surface area contributed by atoms with E-state index in [9.17, 15) is 4.79 Å². The smallest absolute Gasteiger partial charge is 0.233 e. The largest absolute Gasteiger partial charge is 0.372 e. The number of thioether (sulfide) groups is 1. The highest BCUT2D eigenvalue weighted by atomic mass is 32.2. The molecule has 0 bridgehead atoms. The predicted molar refractivity (Wildman–Crippen MR) is 78.5 cm³/mol. The lowest BCUT2D eigenvalue weighted by molar-refractivity contribution is -0.140. The zero-order valence-electron chi connectivity index (χ0n) is 11.8. The zero-order valence-corrected chi connectivity index (χ0v) is 12.6. The SMILES string of the molecule is Cc1ccccc1SCC(=O)N1C[C@@H](C)O[C@@H](C)C1. The van der Waals surface area contributed by atoms with E-state index in [2.05, 4.69) is 19.1 Å². The summed E-state index contributed by atoms with van der Waals surface area (Å²) in [5, 5.41) is 0. The summed E-state index contributed by atoms with van der Waals surface area (Å²) in [4.78, 5) is 15.3. The number of carbonyl (C=O) groups excluding carboxylic acids is 1. The second kappa shape index (κ2) is 6.44. The number of benzene rings is 1. The number of hydrogen-bond acceptors (Lipinski definition) is 3. The fourth-order valence-electron chi connectivity index (χ4n) is 2.33. The van der Waals surface area contributed by atoms with Gasteiger partial charge in [0.25, 0.3) is 0 Å². The Morgan fingerprint density at radius 3 is 2.58 bits per heavy atom. The lowest BCUT2D eigenvalue weighted by atomic mass is 10.2. The van der Waals surface area contributed by atoms with Gasteiger partial charge in [-0.1, -0.05) is 18.2 Å². The normalized spacial score (nSPS) is 23.4. The van der Waals surface area contributed by atoms with Gasteiger partial charge in [-0.25, -0.2) is 0 Å². The zero-order chi connectivity index (χ0) is 13.8. The lowest BCUT2D eigenvalue weighted by Crippen LogP contribution is -2.48. The highest BCUT2D eigenvalue weighted by Gasteiger charge is 2.25. The van der Waals surface area contributed by atoms with Crippen LogP contribution >= 0.6 is 11.8 Å². The maximum absolute atomic E-state index is 12.2. The van der Waals surface area contributed by atoms with E-state index in [1.807, 2.05) is 30.9 Å². The molecule has 4 heteroatoms. The van der Waals surface area contributed by atoms with Crippen molar-refractivity contribution in [1.29, 1.82) is 0 Å². The first-order chi connectivity index (χ1) is 9.06. The molecule has 1 aliphatic rings. The van der Waals surface area contributed by atoms with Gasteiger partial charge in [-0.3, -0.25) is 4.79 Å². The molecule has 1 heterocycles. The van der Waals surface area contributed by atoms with Crippen molar-refractivity contribution in [1.82, 2.24) is 4.90 Å². The summed E-state index contributed by atoms with van der Waals surface area (Å²) in [7, 11) is 0. The number of carbonyl (C=O) groups is 1. The van der Waals surface area contributed by atoms with Gasteiger partial charge >= 0.3 is 0 Å². The standard InChI is InChI=1S/C15H21NO2S/c1-11-6-4-5-7-14(11)19-10-15(17)16-8-12(2)18-13(3)9-16/h4-7,12-13H,8-10H2,1-3H3/t12-,13+. The fraction of sp³-hybridized carbons (Fsp3) is 0.533. The van der Waals surface area contributed by atoms with E-state index >= 15 is 0 Å². The van der Waals surface area contributed by atoms with Gasteiger partial charge in [0.15, 0.2) is 0 Å². The molecule has 2 atom stereocenters. The number of hydrogen-bond donors (Lipinski definition) is 0. The second-order valence-corrected chi connectivity index (χ2v) is 6.13. The number of rotatable bonds is 3. The van der Waals surface area contributed by atoms with Crippen LogP contribution in [0.25, 0.3) is 0 Å². The van der Waals surface area contributed by atoms with Crippen molar-refractivity contribution in [2.24, 2.45) is 0 Å². The van der Waals surface area contributed by atoms with Gasteiger partial charge in [0, 0.05) is 18.0 Å². The van der Waals surface area contributed by atoms with Crippen molar-refractivity contribution in [3.63, 3.8) is 0 Å². The monoisotopic (exact) mass is 279 g/mol. The average molecular weight is 279 g/mol. The third kappa shape index (κ3) is 3.98. The molecule has 1 amide bonds. The quantitative estimate of drug-likeness (QED) is 0.797. The minimum Gasteiger partial charge on any atom is -0.372 e. The van der Waals surface area contributed by atoms with Gasteiger partial charge in [-0.05, 0) is 32.4 Å². The Morgan fingerprint density at radius 1 is 1.32 bits per heavy atom. The molecule has 1 aromatic carbocycles. The minimum atomic E-state index is 0.135. The third-order valence-electron chi connectivity index (χ3n) is 3.22. The summed E-state index contributed by atoms with van der Waals surface area (Å²) >= 11 is 1.62.